The Kier molecular flexibility index (Phi) is 13.7. The van der Waals surface area contributed by atoms with Crippen molar-refractivity contribution in [3.8, 4) is 0 Å². The minimum Gasteiger partial charge on any atom is -0.466 e. The molecule has 1 aromatic rings. The highest BCUT2D eigenvalue weighted by molar-refractivity contribution is 9.09. The fourth-order valence-corrected chi connectivity index (χ4v) is 3.23. The smallest absolute Gasteiger partial charge is 0.305 e. The number of esters is 1. The van der Waals surface area contributed by atoms with Gasteiger partial charge in [-0.1, -0.05) is 72.8 Å². The summed E-state index contributed by atoms with van der Waals surface area (Å²) in [5.74, 6) is -0.0271. The van der Waals surface area contributed by atoms with Crippen molar-refractivity contribution in [2.45, 2.75) is 84.0 Å². The summed E-state index contributed by atoms with van der Waals surface area (Å²) in [4.78, 5) is 11.7. The van der Waals surface area contributed by atoms with Crippen molar-refractivity contribution in [1.82, 2.24) is 0 Å². The van der Waals surface area contributed by atoms with Crippen LogP contribution in [0, 0.1) is 0 Å². The number of halogens is 1. The number of rotatable bonds is 15. The molecule has 0 aliphatic rings. The average molecular weight is 411 g/mol. The van der Waals surface area contributed by atoms with Crippen LogP contribution in [0.2, 0.25) is 0 Å². The molecule has 0 atom stereocenters. The number of carbonyl (C=O) groups excluding carboxylic acids is 1. The van der Waals surface area contributed by atoms with Gasteiger partial charge in [0, 0.05) is 11.8 Å². The molecule has 1 aromatic carbocycles. The van der Waals surface area contributed by atoms with E-state index in [2.05, 4.69) is 47.1 Å². The third kappa shape index (κ3) is 12.2. The van der Waals surface area contributed by atoms with Gasteiger partial charge in [0.1, 0.15) is 0 Å². The average Bonchev–Trinajstić information content (AvgIpc) is 2.63. The molecular weight excluding hydrogens is 376 g/mol. The number of hydrogen-bond donors (Lipinski definition) is 0. The molecule has 142 valence electrons. The summed E-state index contributed by atoms with van der Waals surface area (Å²) in [5.41, 5.74) is 2.82. The molecule has 0 radical (unpaired) electrons. The number of benzene rings is 1. The highest BCUT2D eigenvalue weighted by Crippen LogP contribution is 2.11. The Labute approximate surface area is 162 Å². The van der Waals surface area contributed by atoms with E-state index in [0.29, 0.717) is 13.0 Å². The van der Waals surface area contributed by atoms with E-state index in [1.165, 1.54) is 49.7 Å². The molecular formula is C22H35BrO2. The summed E-state index contributed by atoms with van der Waals surface area (Å²) < 4.78 is 5.32. The van der Waals surface area contributed by atoms with Crippen LogP contribution in [0.5, 0.6) is 0 Å². The van der Waals surface area contributed by atoms with Gasteiger partial charge in [0.05, 0.1) is 6.61 Å². The Bertz CT molecular complexity index is 442. The Balaban J connectivity index is 1.99. The maximum Gasteiger partial charge on any atom is 0.305 e. The van der Waals surface area contributed by atoms with E-state index >= 15 is 0 Å². The molecule has 0 saturated carbocycles. The fourth-order valence-electron chi connectivity index (χ4n) is 2.84. The van der Waals surface area contributed by atoms with E-state index in [9.17, 15) is 4.79 Å². The number of ether oxygens (including phenoxy) is 1. The van der Waals surface area contributed by atoms with Gasteiger partial charge >= 0.3 is 5.97 Å². The van der Waals surface area contributed by atoms with E-state index in [4.69, 9.17) is 4.74 Å². The maximum atomic E-state index is 11.7. The van der Waals surface area contributed by atoms with Crippen LogP contribution in [-0.4, -0.2) is 17.9 Å². The molecule has 0 bridgehead atoms. The van der Waals surface area contributed by atoms with Crippen molar-refractivity contribution in [2.75, 3.05) is 11.9 Å². The second-order valence-corrected chi connectivity index (χ2v) is 7.60. The number of unbranched alkanes of at least 4 members (excludes halogenated alkanes) is 6. The molecule has 0 amide bonds. The molecule has 2 nitrogen and oxygen atoms in total. The maximum absolute atomic E-state index is 11.7. The van der Waals surface area contributed by atoms with Gasteiger partial charge in [0.15, 0.2) is 0 Å². The van der Waals surface area contributed by atoms with Crippen LogP contribution in [0.3, 0.4) is 0 Å². The summed E-state index contributed by atoms with van der Waals surface area (Å²) in [6, 6.07) is 8.99. The first-order chi connectivity index (χ1) is 12.3. The first kappa shape index (κ1) is 22.2. The van der Waals surface area contributed by atoms with E-state index < -0.39 is 0 Å². The molecule has 1 rings (SSSR count). The lowest BCUT2D eigenvalue weighted by Crippen LogP contribution is -2.06. The minimum absolute atomic E-state index is 0.0271. The van der Waals surface area contributed by atoms with E-state index in [1.807, 2.05) is 0 Å². The fraction of sp³-hybridized carbons (Fsp3) is 0.682. The number of aryl methyl sites for hydroxylation is 2. The Morgan fingerprint density at radius 2 is 1.44 bits per heavy atom. The molecule has 0 saturated heterocycles. The summed E-state index contributed by atoms with van der Waals surface area (Å²) >= 11 is 3.44. The largest absolute Gasteiger partial charge is 0.466 e. The second-order valence-electron chi connectivity index (χ2n) is 6.80. The lowest BCUT2D eigenvalue weighted by Gasteiger charge is -2.06. The first-order valence-corrected chi connectivity index (χ1v) is 11.2. The van der Waals surface area contributed by atoms with Crippen LogP contribution < -0.4 is 0 Å². The summed E-state index contributed by atoms with van der Waals surface area (Å²) in [6.07, 6.45) is 13.2. The van der Waals surface area contributed by atoms with Crippen LogP contribution in [0.1, 0.15) is 82.3 Å². The zero-order chi connectivity index (χ0) is 18.2. The lowest BCUT2D eigenvalue weighted by molar-refractivity contribution is -0.143. The molecule has 0 aliphatic heterocycles. The highest BCUT2D eigenvalue weighted by atomic mass is 79.9. The molecule has 0 spiro atoms. The van der Waals surface area contributed by atoms with E-state index in [1.54, 1.807) is 0 Å². The molecule has 0 unspecified atom stereocenters. The van der Waals surface area contributed by atoms with Gasteiger partial charge in [-0.05, 0) is 56.1 Å². The van der Waals surface area contributed by atoms with Crippen molar-refractivity contribution in [2.24, 2.45) is 0 Å². The number of hydrogen-bond acceptors (Lipinski definition) is 2. The van der Waals surface area contributed by atoms with Crippen molar-refractivity contribution in [3.05, 3.63) is 35.4 Å². The third-order valence-electron chi connectivity index (χ3n) is 4.48. The first-order valence-electron chi connectivity index (χ1n) is 10.1. The van der Waals surface area contributed by atoms with Crippen LogP contribution in [0.25, 0.3) is 0 Å². The molecule has 0 heterocycles. The minimum atomic E-state index is -0.0271. The standard InChI is InChI=1S/C22H35BrO2/c1-2-3-11-20-14-16-21(17-15-20)12-8-10-19-25-22(24)13-7-5-4-6-9-18-23/h14-17H,2-13,18-19H2,1H3. The van der Waals surface area contributed by atoms with Gasteiger partial charge < -0.3 is 4.74 Å². The lowest BCUT2D eigenvalue weighted by atomic mass is 10.0. The third-order valence-corrected chi connectivity index (χ3v) is 5.04. The Hall–Kier alpha value is -0.830. The zero-order valence-electron chi connectivity index (χ0n) is 15.9. The highest BCUT2D eigenvalue weighted by Gasteiger charge is 2.02. The molecule has 0 aromatic heterocycles. The molecule has 3 heteroatoms. The predicted octanol–water partition coefficient (Wildman–Crippen LogP) is 6.63. The van der Waals surface area contributed by atoms with Gasteiger partial charge in [-0.2, -0.15) is 0 Å². The topological polar surface area (TPSA) is 26.3 Å². The predicted molar refractivity (Wildman–Crippen MR) is 110 cm³/mol. The van der Waals surface area contributed by atoms with Gasteiger partial charge in [-0.15, -0.1) is 0 Å². The van der Waals surface area contributed by atoms with E-state index in [0.717, 1.165) is 37.4 Å². The van der Waals surface area contributed by atoms with Crippen LogP contribution in [-0.2, 0) is 22.4 Å². The zero-order valence-corrected chi connectivity index (χ0v) is 17.5. The van der Waals surface area contributed by atoms with Gasteiger partial charge in [0.25, 0.3) is 0 Å². The van der Waals surface area contributed by atoms with Gasteiger partial charge in [-0.25, -0.2) is 0 Å². The molecule has 25 heavy (non-hydrogen) atoms. The summed E-state index contributed by atoms with van der Waals surface area (Å²) in [6.45, 7) is 2.80. The van der Waals surface area contributed by atoms with Crippen molar-refractivity contribution in [3.63, 3.8) is 0 Å². The van der Waals surface area contributed by atoms with E-state index in [-0.39, 0.29) is 5.97 Å². The van der Waals surface area contributed by atoms with Crippen LogP contribution in [0.4, 0.5) is 0 Å². The molecule has 0 fully saturated rings. The second kappa shape index (κ2) is 15.4. The SMILES string of the molecule is CCCCc1ccc(CCCCOC(=O)CCCCCCCBr)cc1. The molecule has 0 N–H and O–H groups in total. The van der Waals surface area contributed by atoms with Crippen molar-refractivity contribution >= 4 is 21.9 Å². The van der Waals surface area contributed by atoms with Crippen LogP contribution >= 0.6 is 15.9 Å². The quantitative estimate of drug-likeness (QED) is 0.184. The summed E-state index contributed by atoms with van der Waals surface area (Å²) in [7, 11) is 0. The monoisotopic (exact) mass is 410 g/mol. The number of carbonyl (C=O) groups is 1. The normalized spacial score (nSPS) is 10.8. The van der Waals surface area contributed by atoms with Gasteiger partial charge in [-0.3, -0.25) is 4.79 Å². The van der Waals surface area contributed by atoms with Crippen molar-refractivity contribution < 1.29 is 9.53 Å². The summed E-state index contributed by atoms with van der Waals surface area (Å²) in [5, 5.41) is 1.08. The van der Waals surface area contributed by atoms with Gasteiger partial charge in [0.2, 0.25) is 0 Å². The number of alkyl halides is 1. The Morgan fingerprint density at radius 1 is 0.840 bits per heavy atom. The van der Waals surface area contributed by atoms with Crippen molar-refractivity contribution in [1.29, 1.82) is 0 Å². The molecule has 0 aliphatic carbocycles. The Morgan fingerprint density at radius 3 is 2.08 bits per heavy atom. The van der Waals surface area contributed by atoms with Crippen LogP contribution in [0.15, 0.2) is 24.3 Å².